The summed E-state index contributed by atoms with van der Waals surface area (Å²) in [7, 11) is 3.13. The first-order chi connectivity index (χ1) is 8.17. The van der Waals surface area contributed by atoms with Crippen LogP contribution in [0.4, 0.5) is 0 Å². The van der Waals surface area contributed by atoms with E-state index in [1.54, 1.807) is 26.4 Å². The van der Waals surface area contributed by atoms with Gasteiger partial charge < -0.3 is 20.3 Å². The SMILES string of the molecule is COc1cc(O)c([C@@H](N)C2CCC2)c(OC)c1.Cl. The monoisotopic (exact) mass is 273 g/mol. The van der Waals surface area contributed by atoms with Gasteiger partial charge in [-0.1, -0.05) is 6.42 Å². The molecule has 0 heterocycles. The maximum absolute atomic E-state index is 10.0. The molecule has 1 atom stereocenters. The zero-order valence-electron chi connectivity index (χ0n) is 10.7. The van der Waals surface area contributed by atoms with Gasteiger partial charge in [0.15, 0.2) is 0 Å². The zero-order valence-corrected chi connectivity index (χ0v) is 11.5. The summed E-state index contributed by atoms with van der Waals surface area (Å²) in [5.74, 6) is 1.77. The van der Waals surface area contributed by atoms with Gasteiger partial charge in [0.1, 0.15) is 17.2 Å². The predicted octanol–water partition coefficient (Wildman–Crippen LogP) is 2.63. The Kier molecular flexibility index (Phi) is 5.11. The van der Waals surface area contributed by atoms with E-state index >= 15 is 0 Å². The van der Waals surface area contributed by atoms with Gasteiger partial charge in [0.25, 0.3) is 0 Å². The van der Waals surface area contributed by atoms with Crippen LogP contribution in [-0.2, 0) is 0 Å². The van der Waals surface area contributed by atoms with Crippen molar-refractivity contribution < 1.29 is 14.6 Å². The van der Waals surface area contributed by atoms with Gasteiger partial charge in [-0.25, -0.2) is 0 Å². The minimum atomic E-state index is -0.162. The van der Waals surface area contributed by atoms with E-state index < -0.39 is 0 Å². The maximum atomic E-state index is 10.0. The molecule has 1 saturated carbocycles. The van der Waals surface area contributed by atoms with Crippen molar-refractivity contribution in [3.05, 3.63) is 17.7 Å². The molecule has 0 aromatic heterocycles. The molecule has 0 aliphatic heterocycles. The van der Waals surface area contributed by atoms with Crippen molar-refractivity contribution in [2.75, 3.05) is 14.2 Å². The molecule has 18 heavy (non-hydrogen) atoms. The van der Waals surface area contributed by atoms with Crippen molar-refractivity contribution in [1.29, 1.82) is 0 Å². The predicted molar refractivity (Wildman–Crippen MR) is 72.7 cm³/mol. The molecule has 0 amide bonds. The number of ether oxygens (including phenoxy) is 2. The van der Waals surface area contributed by atoms with E-state index in [4.69, 9.17) is 15.2 Å². The Morgan fingerprint density at radius 2 is 1.94 bits per heavy atom. The number of nitrogens with two attached hydrogens (primary N) is 1. The molecule has 1 aromatic rings. The van der Waals surface area contributed by atoms with Crippen molar-refractivity contribution in [1.82, 2.24) is 0 Å². The lowest BCUT2D eigenvalue weighted by Crippen LogP contribution is -2.27. The molecule has 1 aliphatic carbocycles. The summed E-state index contributed by atoms with van der Waals surface area (Å²) in [6.45, 7) is 0. The number of rotatable bonds is 4. The number of benzene rings is 1. The lowest BCUT2D eigenvalue weighted by Gasteiger charge is -2.32. The van der Waals surface area contributed by atoms with Crippen molar-refractivity contribution in [2.45, 2.75) is 25.3 Å². The molecule has 4 nitrogen and oxygen atoms in total. The van der Waals surface area contributed by atoms with E-state index in [-0.39, 0.29) is 24.2 Å². The summed E-state index contributed by atoms with van der Waals surface area (Å²) in [4.78, 5) is 0. The average Bonchev–Trinajstić information content (AvgIpc) is 2.25. The van der Waals surface area contributed by atoms with Crippen molar-refractivity contribution >= 4 is 12.4 Å². The Hall–Kier alpha value is -1.13. The van der Waals surface area contributed by atoms with E-state index in [9.17, 15) is 5.11 Å². The Balaban J connectivity index is 0.00000162. The van der Waals surface area contributed by atoms with Gasteiger partial charge in [0.2, 0.25) is 0 Å². The van der Waals surface area contributed by atoms with Crippen LogP contribution in [0.2, 0.25) is 0 Å². The summed E-state index contributed by atoms with van der Waals surface area (Å²) in [5.41, 5.74) is 6.88. The molecule has 0 unspecified atom stereocenters. The van der Waals surface area contributed by atoms with Crippen LogP contribution >= 0.6 is 12.4 Å². The maximum Gasteiger partial charge on any atom is 0.131 e. The van der Waals surface area contributed by atoms with Gasteiger partial charge in [-0.2, -0.15) is 0 Å². The first-order valence-electron chi connectivity index (χ1n) is 5.87. The van der Waals surface area contributed by atoms with Crippen LogP contribution < -0.4 is 15.2 Å². The fraction of sp³-hybridized carbons (Fsp3) is 0.538. The molecule has 1 aliphatic rings. The van der Waals surface area contributed by atoms with E-state index in [0.717, 1.165) is 12.8 Å². The van der Waals surface area contributed by atoms with Crippen molar-refractivity contribution in [2.24, 2.45) is 11.7 Å². The average molecular weight is 274 g/mol. The number of methoxy groups -OCH3 is 2. The second-order valence-electron chi connectivity index (χ2n) is 4.48. The molecule has 0 bridgehead atoms. The number of hydrogen-bond acceptors (Lipinski definition) is 4. The molecule has 5 heteroatoms. The summed E-state index contributed by atoms with van der Waals surface area (Å²) in [6, 6.07) is 3.17. The van der Waals surface area contributed by atoms with E-state index in [1.165, 1.54) is 6.42 Å². The van der Waals surface area contributed by atoms with Crippen molar-refractivity contribution in [3.8, 4) is 17.2 Å². The van der Waals surface area contributed by atoms with Gasteiger partial charge in [-0.15, -0.1) is 12.4 Å². The summed E-state index contributed by atoms with van der Waals surface area (Å²) in [6.07, 6.45) is 3.46. The minimum Gasteiger partial charge on any atom is -0.507 e. The molecule has 2 rings (SSSR count). The van der Waals surface area contributed by atoms with E-state index in [1.807, 2.05) is 0 Å². The van der Waals surface area contributed by atoms with E-state index in [2.05, 4.69) is 0 Å². The largest absolute Gasteiger partial charge is 0.507 e. The Morgan fingerprint density at radius 1 is 1.28 bits per heavy atom. The van der Waals surface area contributed by atoms with E-state index in [0.29, 0.717) is 23.0 Å². The van der Waals surface area contributed by atoms with Crippen molar-refractivity contribution in [3.63, 3.8) is 0 Å². The number of phenols is 1. The Morgan fingerprint density at radius 3 is 2.39 bits per heavy atom. The Labute approximate surface area is 113 Å². The van der Waals surface area contributed by atoms with Crippen LogP contribution in [0.15, 0.2) is 12.1 Å². The molecule has 3 N–H and O–H groups in total. The number of halogens is 1. The lowest BCUT2D eigenvalue weighted by molar-refractivity contribution is 0.254. The third-order valence-electron chi connectivity index (χ3n) is 3.54. The van der Waals surface area contributed by atoms with Crippen LogP contribution in [-0.4, -0.2) is 19.3 Å². The zero-order chi connectivity index (χ0) is 12.4. The molecule has 1 fully saturated rings. The van der Waals surface area contributed by atoms with Crippen LogP contribution in [0.25, 0.3) is 0 Å². The molecule has 102 valence electrons. The van der Waals surface area contributed by atoms with Gasteiger partial charge >= 0.3 is 0 Å². The number of phenolic OH excluding ortho intramolecular Hbond substituents is 1. The Bertz CT molecular complexity index is 407. The highest BCUT2D eigenvalue weighted by atomic mass is 35.5. The fourth-order valence-electron chi connectivity index (χ4n) is 2.24. The van der Waals surface area contributed by atoms with Gasteiger partial charge in [-0.3, -0.25) is 0 Å². The third-order valence-corrected chi connectivity index (χ3v) is 3.54. The number of hydrogen-bond donors (Lipinski definition) is 2. The summed E-state index contributed by atoms with van der Waals surface area (Å²) >= 11 is 0. The highest BCUT2D eigenvalue weighted by Crippen LogP contribution is 2.44. The normalized spacial score (nSPS) is 16.4. The molecular formula is C13H20ClNO3. The second kappa shape index (κ2) is 6.16. The second-order valence-corrected chi connectivity index (χ2v) is 4.48. The van der Waals surface area contributed by atoms with Crippen LogP contribution in [0, 0.1) is 5.92 Å². The van der Waals surface area contributed by atoms with Crippen LogP contribution in [0.3, 0.4) is 0 Å². The molecular weight excluding hydrogens is 254 g/mol. The highest BCUT2D eigenvalue weighted by Gasteiger charge is 2.30. The molecule has 1 aromatic carbocycles. The quantitative estimate of drug-likeness (QED) is 0.885. The first kappa shape index (κ1) is 14.9. The van der Waals surface area contributed by atoms with Crippen LogP contribution in [0.5, 0.6) is 17.2 Å². The molecule has 0 saturated heterocycles. The summed E-state index contributed by atoms with van der Waals surface area (Å²) < 4.78 is 10.4. The highest BCUT2D eigenvalue weighted by molar-refractivity contribution is 5.85. The topological polar surface area (TPSA) is 64.7 Å². The fourth-order valence-corrected chi connectivity index (χ4v) is 2.24. The van der Waals surface area contributed by atoms with Crippen LogP contribution in [0.1, 0.15) is 30.9 Å². The third kappa shape index (κ3) is 2.65. The first-order valence-corrected chi connectivity index (χ1v) is 5.87. The van der Waals surface area contributed by atoms with Gasteiger partial charge in [-0.05, 0) is 18.8 Å². The minimum absolute atomic E-state index is 0. The standard InChI is InChI=1S/C13H19NO3.ClH/c1-16-9-6-10(15)12(11(7-9)17-2)13(14)8-4-3-5-8;/h6-8,13,15H,3-5,14H2,1-2H3;1H/t13-;/m0./s1. The smallest absolute Gasteiger partial charge is 0.131 e. The van der Waals surface area contributed by atoms with Gasteiger partial charge in [0.05, 0.1) is 19.8 Å². The lowest BCUT2D eigenvalue weighted by atomic mass is 9.77. The molecule has 0 radical (unpaired) electrons. The summed E-state index contributed by atoms with van der Waals surface area (Å²) in [5, 5.41) is 10.0. The molecule has 0 spiro atoms. The van der Waals surface area contributed by atoms with Gasteiger partial charge in [0, 0.05) is 18.2 Å². The number of aromatic hydroxyl groups is 1.